The van der Waals surface area contributed by atoms with Gasteiger partial charge in [-0.3, -0.25) is 0 Å². The van der Waals surface area contributed by atoms with Crippen LogP contribution in [0.4, 0.5) is 0 Å². The molecule has 0 aliphatic carbocycles. The molecule has 0 radical (unpaired) electrons. The molecule has 3 heteroatoms. The minimum Gasteiger partial charge on any atom is -0.420 e. The molecule has 0 spiro atoms. The SMILES string of the molecule is CCCO[Si](C)(C)[Si](C)(C)c1ccccc1. The van der Waals surface area contributed by atoms with Crippen molar-refractivity contribution in [1.82, 2.24) is 0 Å². The Morgan fingerprint density at radius 2 is 1.56 bits per heavy atom. The summed E-state index contributed by atoms with van der Waals surface area (Å²) in [4.78, 5) is 0. The maximum atomic E-state index is 6.20. The van der Waals surface area contributed by atoms with Crippen LogP contribution in [-0.4, -0.2) is 22.0 Å². The van der Waals surface area contributed by atoms with Gasteiger partial charge in [0.2, 0.25) is 0 Å². The Bertz CT molecular complexity index is 320. The fraction of sp³-hybridized carbons (Fsp3) is 0.538. The molecule has 0 aromatic heterocycles. The van der Waals surface area contributed by atoms with E-state index in [1.54, 1.807) is 0 Å². The van der Waals surface area contributed by atoms with E-state index in [0.717, 1.165) is 13.0 Å². The van der Waals surface area contributed by atoms with Gasteiger partial charge in [-0.25, -0.2) is 0 Å². The zero-order chi connectivity index (χ0) is 12.2. The first-order valence-corrected chi connectivity index (χ1v) is 13.0. The van der Waals surface area contributed by atoms with Crippen LogP contribution < -0.4 is 5.19 Å². The lowest BCUT2D eigenvalue weighted by atomic mass is 10.4. The average molecular weight is 253 g/mol. The normalized spacial score (nSPS) is 12.8. The van der Waals surface area contributed by atoms with Crippen molar-refractivity contribution in [2.24, 2.45) is 0 Å². The Labute approximate surface area is 102 Å². The monoisotopic (exact) mass is 252 g/mol. The van der Waals surface area contributed by atoms with E-state index in [2.05, 4.69) is 63.4 Å². The second-order valence-corrected chi connectivity index (χ2v) is 19.8. The highest BCUT2D eigenvalue weighted by Crippen LogP contribution is 2.20. The van der Waals surface area contributed by atoms with Crippen LogP contribution in [0.2, 0.25) is 26.2 Å². The summed E-state index contributed by atoms with van der Waals surface area (Å²) in [6, 6.07) is 10.9. The molecule has 0 bridgehead atoms. The van der Waals surface area contributed by atoms with Crippen LogP contribution in [0.5, 0.6) is 0 Å². The summed E-state index contributed by atoms with van der Waals surface area (Å²) < 4.78 is 6.20. The molecule has 0 unspecified atom stereocenters. The lowest BCUT2D eigenvalue weighted by molar-refractivity contribution is 0.318. The minimum absolute atomic E-state index is 0.919. The molecule has 1 rings (SSSR count). The van der Waals surface area contributed by atoms with Gasteiger partial charge in [-0.2, -0.15) is 0 Å². The number of benzene rings is 1. The Balaban J connectivity index is 2.92. The van der Waals surface area contributed by atoms with Crippen LogP contribution in [0.1, 0.15) is 13.3 Å². The number of hydrogen-bond donors (Lipinski definition) is 0. The van der Waals surface area contributed by atoms with E-state index >= 15 is 0 Å². The minimum atomic E-state index is -1.55. The summed E-state index contributed by atoms with van der Waals surface area (Å²) in [5, 5.41) is 1.53. The lowest BCUT2D eigenvalue weighted by Gasteiger charge is -2.38. The van der Waals surface area contributed by atoms with Gasteiger partial charge in [-0.15, -0.1) is 0 Å². The predicted octanol–water partition coefficient (Wildman–Crippen LogP) is 3.31. The Kier molecular flexibility index (Phi) is 4.53. The molecule has 0 atom stereocenters. The van der Waals surface area contributed by atoms with Gasteiger partial charge in [0.25, 0.3) is 0 Å². The van der Waals surface area contributed by atoms with Gasteiger partial charge in [-0.1, -0.05) is 55.5 Å². The summed E-state index contributed by atoms with van der Waals surface area (Å²) in [7, 11) is -2.98. The van der Waals surface area contributed by atoms with Crippen molar-refractivity contribution in [2.45, 2.75) is 39.5 Å². The molecule has 0 heterocycles. The standard InChI is InChI=1S/C13H24OSi2/c1-6-12-14-16(4,5)15(2,3)13-10-8-7-9-11-13/h7-11H,6,12H2,1-5H3. The van der Waals surface area contributed by atoms with Gasteiger partial charge in [0, 0.05) is 6.61 Å². The van der Waals surface area contributed by atoms with Crippen molar-refractivity contribution in [3.05, 3.63) is 30.3 Å². The van der Waals surface area contributed by atoms with E-state index in [4.69, 9.17) is 4.43 Å². The molecule has 1 aromatic rings. The van der Waals surface area contributed by atoms with Crippen LogP contribution in [0.25, 0.3) is 0 Å². The third kappa shape index (κ3) is 2.84. The van der Waals surface area contributed by atoms with Crippen LogP contribution >= 0.6 is 0 Å². The van der Waals surface area contributed by atoms with Gasteiger partial charge in [0.15, 0.2) is 7.83 Å². The second-order valence-electron chi connectivity index (χ2n) is 5.35. The van der Waals surface area contributed by atoms with Gasteiger partial charge in [0.05, 0.1) is 0 Å². The number of hydrogen-bond acceptors (Lipinski definition) is 1. The van der Waals surface area contributed by atoms with Crippen molar-refractivity contribution >= 4 is 20.6 Å². The van der Waals surface area contributed by atoms with E-state index < -0.39 is 15.4 Å². The molecule has 0 N–H and O–H groups in total. The Morgan fingerprint density at radius 1 is 1.00 bits per heavy atom. The van der Waals surface area contributed by atoms with Gasteiger partial charge in [-0.05, 0) is 19.5 Å². The predicted molar refractivity (Wildman–Crippen MR) is 77.3 cm³/mol. The fourth-order valence-corrected chi connectivity index (χ4v) is 8.51. The molecule has 90 valence electrons. The summed E-state index contributed by atoms with van der Waals surface area (Å²) in [5.74, 6) is 0. The maximum Gasteiger partial charge on any atom is 0.178 e. The average Bonchev–Trinajstić information content (AvgIpc) is 2.27. The quantitative estimate of drug-likeness (QED) is 0.731. The maximum absolute atomic E-state index is 6.20. The highest BCUT2D eigenvalue weighted by Gasteiger charge is 2.44. The zero-order valence-corrected chi connectivity index (χ0v) is 13.2. The number of rotatable bonds is 5. The summed E-state index contributed by atoms with van der Waals surface area (Å²) in [6.07, 6.45) is 1.12. The summed E-state index contributed by atoms with van der Waals surface area (Å²) >= 11 is 0. The first kappa shape index (κ1) is 13.7. The van der Waals surface area contributed by atoms with Crippen molar-refractivity contribution in [1.29, 1.82) is 0 Å². The zero-order valence-electron chi connectivity index (χ0n) is 11.2. The topological polar surface area (TPSA) is 9.23 Å². The van der Waals surface area contributed by atoms with Crippen molar-refractivity contribution in [2.75, 3.05) is 6.61 Å². The van der Waals surface area contributed by atoms with Gasteiger partial charge in [0.1, 0.15) is 7.59 Å². The van der Waals surface area contributed by atoms with Crippen LogP contribution in [0.15, 0.2) is 30.3 Å². The first-order chi connectivity index (χ1) is 7.42. The van der Waals surface area contributed by atoms with Crippen LogP contribution in [0, 0.1) is 0 Å². The molecule has 0 aliphatic rings. The Hall–Kier alpha value is -0.386. The molecule has 1 nitrogen and oxygen atoms in total. The van der Waals surface area contributed by atoms with Gasteiger partial charge >= 0.3 is 0 Å². The second kappa shape index (κ2) is 5.30. The molecular formula is C13H24OSi2. The first-order valence-electron chi connectivity index (χ1n) is 6.11. The Morgan fingerprint density at radius 3 is 2.06 bits per heavy atom. The molecule has 0 saturated carbocycles. The van der Waals surface area contributed by atoms with Crippen LogP contribution in [-0.2, 0) is 4.43 Å². The van der Waals surface area contributed by atoms with E-state index in [-0.39, 0.29) is 0 Å². The smallest absolute Gasteiger partial charge is 0.178 e. The van der Waals surface area contributed by atoms with Gasteiger partial charge < -0.3 is 4.43 Å². The van der Waals surface area contributed by atoms with Crippen molar-refractivity contribution < 1.29 is 4.43 Å². The molecule has 0 aliphatic heterocycles. The highest BCUT2D eigenvalue weighted by atomic mass is 29.3. The molecule has 0 fully saturated rings. The van der Waals surface area contributed by atoms with E-state index in [9.17, 15) is 0 Å². The third-order valence-corrected chi connectivity index (χ3v) is 19.7. The van der Waals surface area contributed by atoms with E-state index in [1.165, 1.54) is 5.19 Å². The van der Waals surface area contributed by atoms with Crippen LogP contribution in [0.3, 0.4) is 0 Å². The highest BCUT2D eigenvalue weighted by molar-refractivity contribution is 7.43. The molecule has 0 saturated heterocycles. The van der Waals surface area contributed by atoms with Crippen molar-refractivity contribution in [3.8, 4) is 0 Å². The fourth-order valence-electron chi connectivity index (χ4n) is 1.74. The molecule has 1 aromatic carbocycles. The van der Waals surface area contributed by atoms with E-state index in [0.29, 0.717) is 0 Å². The van der Waals surface area contributed by atoms with E-state index in [1.807, 2.05) is 0 Å². The third-order valence-electron chi connectivity index (χ3n) is 3.67. The lowest BCUT2D eigenvalue weighted by Crippen LogP contribution is -2.64. The summed E-state index contributed by atoms with van der Waals surface area (Å²) in [6.45, 7) is 12.8. The largest absolute Gasteiger partial charge is 0.420 e. The van der Waals surface area contributed by atoms with Crippen molar-refractivity contribution in [3.63, 3.8) is 0 Å². The summed E-state index contributed by atoms with van der Waals surface area (Å²) in [5.41, 5.74) is 0. The molecular weight excluding hydrogens is 228 g/mol. The molecule has 0 amide bonds. The molecule has 16 heavy (non-hydrogen) atoms.